The van der Waals surface area contributed by atoms with Crippen molar-refractivity contribution in [3.63, 3.8) is 0 Å². The zero-order valence-electron chi connectivity index (χ0n) is 21.7. The molecule has 4 atom stereocenters. The van der Waals surface area contributed by atoms with Gasteiger partial charge < -0.3 is 26.2 Å². The maximum absolute atomic E-state index is 13.1. The fraction of sp³-hybridized carbons (Fsp3) is 0.556. The number of aliphatic hydroxyl groups excluding tert-OH is 2. The Morgan fingerprint density at radius 1 is 1.26 bits per heavy atom. The van der Waals surface area contributed by atoms with Crippen LogP contribution in [0.5, 0.6) is 0 Å². The van der Waals surface area contributed by atoms with Crippen molar-refractivity contribution in [2.45, 2.75) is 78.6 Å². The fourth-order valence-corrected chi connectivity index (χ4v) is 4.84. The summed E-state index contributed by atoms with van der Waals surface area (Å²) >= 11 is 1.67. The minimum Gasteiger partial charge on any atom is -0.394 e. The first-order valence-corrected chi connectivity index (χ1v) is 13.0. The summed E-state index contributed by atoms with van der Waals surface area (Å²) in [6, 6.07) is 5.49. The van der Waals surface area contributed by atoms with Crippen LogP contribution in [0.15, 0.2) is 41.3 Å². The number of nitrogens with zero attached hydrogens (tertiary/aromatic N) is 1. The third-order valence-corrected chi connectivity index (χ3v) is 7.32. The zero-order chi connectivity index (χ0) is 26.3. The number of benzene rings is 1. The van der Waals surface area contributed by atoms with E-state index in [9.17, 15) is 19.8 Å². The molecule has 1 aliphatic rings. The van der Waals surface area contributed by atoms with Gasteiger partial charge in [-0.15, -0.1) is 0 Å². The smallest absolute Gasteiger partial charge is 0.243 e. The number of likely N-dealkylation sites (tertiary alicyclic amines) is 1. The minimum atomic E-state index is -0.835. The lowest BCUT2D eigenvalue weighted by atomic mass is 9.86. The summed E-state index contributed by atoms with van der Waals surface area (Å²) in [5.74, 6) is -0.771. The van der Waals surface area contributed by atoms with Crippen LogP contribution in [-0.2, 0) is 9.59 Å². The van der Waals surface area contributed by atoms with E-state index in [2.05, 4.69) is 37.6 Å². The lowest BCUT2D eigenvalue weighted by molar-refractivity contribution is -0.141. The number of rotatable bonds is 9. The molecule has 1 saturated heterocycles. The van der Waals surface area contributed by atoms with E-state index in [4.69, 9.17) is 5.73 Å². The molecule has 0 spiro atoms. The van der Waals surface area contributed by atoms with Crippen molar-refractivity contribution in [1.29, 1.82) is 0 Å². The normalized spacial score (nSPS) is 20.1. The van der Waals surface area contributed by atoms with Crippen molar-refractivity contribution in [3.05, 3.63) is 52.4 Å². The first kappa shape index (κ1) is 29.1. The second-order valence-electron chi connectivity index (χ2n) is 10.3. The Morgan fingerprint density at radius 2 is 1.89 bits per heavy atom. The Bertz CT molecular complexity index is 933. The Balaban J connectivity index is 2.17. The van der Waals surface area contributed by atoms with Gasteiger partial charge in [0.15, 0.2) is 0 Å². The Labute approximate surface area is 213 Å². The van der Waals surface area contributed by atoms with E-state index in [-0.39, 0.29) is 25.5 Å². The van der Waals surface area contributed by atoms with Crippen LogP contribution >= 0.6 is 11.8 Å². The summed E-state index contributed by atoms with van der Waals surface area (Å²) < 4.78 is 0. The molecule has 1 fully saturated rings. The number of aliphatic hydroxyl groups is 2. The summed E-state index contributed by atoms with van der Waals surface area (Å²) in [6.45, 7) is 11.6. The van der Waals surface area contributed by atoms with E-state index >= 15 is 0 Å². The van der Waals surface area contributed by atoms with Crippen LogP contribution in [0.4, 0.5) is 0 Å². The van der Waals surface area contributed by atoms with E-state index in [1.165, 1.54) is 10.5 Å². The number of carbonyl (C=O) groups is 2. The number of hydrogen-bond donors (Lipinski definition) is 4. The van der Waals surface area contributed by atoms with Crippen molar-refractivity contribution in [2.24, 2.45) is 11.1 Å². The lowest BCUT2D eigenvalue weighted by Gasteiger charge is -2.33. The quantitative estimate of drug-likeness (QED) is 0.409. The minimum absolute atomic E-state index is 0.0643. The average molecular weight is 504 g/mol. The zero-order valence-corrected chi connectivity index (χ0v) is 22.6. The van der Waals surface area contributed by atoms with Gasteiger partial charge in [-0.05, 0) is 42.2 Å². The molecule has 35 heavy (non-hydrogen) atoms. The van der Waals surface area contributed by atoms with Crippen LogP contribution in [0.25, 0.3) is 4.91 Å². The molecule has 0 bridgehead atoms. The van der Waals surface area contributed by atoms with E-state index < -0.39 is 35.6 Å². The van der Waals surface area contributed by atoms with Crippen LogP contribution in [0.2, 0.25) is 0 Å². The number of hydrogen-bond acceptors (Lipinski definition) is 6. The van der Waals surface area contributed by atoms with Gasteiger partial charge in [-0.3, -0.25) is 9.59 Å². The van der Waals surface area contributed by atoms with Gasteiger partial charge in [0.2, 0.25) is 11.8 Å². The molecule has 0 aliphatic carbocycles. The first-order valence-electron chi connectivity index (χ1n) is 12.2. The monoisotopic (exact) mass is 503 g/mol. The Morgan fingerprint density at radius 3 is 2.40 bits per heavy atom. The third kappa shape index (κ3) is 7.67. The number of nitrogens with one attached hydrogen (secondary N) is 1. The molecular formula is C27H41N3O4S. The van der Waals surface area contributed by atoms with Gasteiger partial charge in [-0.2, -0.15) is 0 Å². The lowest BCUT2D eigenvalue weighted by Crippen LogP contribution is -2.55. The van der Waals surface area contributed by atoms with Crippen LogP contribution in [0, 0.1) is 5.41 Å². The molecule has 0 radical (unpaired) electrons. The van der Waals surface area contributed by atoms with Gasteiger partial charge >= 0.3 is 0 Å². The number of carbonyl (C=O) groups excluding carboxylic acids is 2. The first-order chi connectivity index (χ1) is 16.4. The number of β-amino-alcohol motifs (C(OH)–C–C–N with tert-alkyl or cyclic N) is 1. The Kier molecular flexibility index (Phi) is 10.6. The summed E-state index contributed by atoms with van der Waals surface area (Å²) in [7, 11) is 0. The summed E-state index contributed by atoms with van der Waals surface area (Å²) in [4.78, 5) is 28.7. The third-order valence-electron chi connectivity index (χ3n) is 6.11. The molecule has 1 aliphatic heterocycles. The van der Waals surface area contributed by atoms with Crippen molar-refractivity contribution in [1.82, 2.24) is 10.2 Å². The maximum Gasteiger partial charge on any atom is 0.243 e. The molecule has 0 aromatic heterocycles. The molecular weight excluding hydrogens is 462 g/mol. The number of amides is 2. The molecule has 1 aromatic rings. The summed E-state index contributed by atoms with van der Waals surface area (Å²) in [5.41, 5.74) is 8.69. The summed E-state index contributed by atoms with van der Waals surface area (Å²) in [5, 5.41) is 25.1. The van der Waals surface area contributed by atoms with Crippen LogP contribution in [0.1, 0.15) is 71.6 Å². The fourth-order valence-electron chi connectivity index (χ4n) is 3.91. The topological polar surface area (TPSA) is 116 Å². The molecule has 5 N–H and O–H groups in total. The molecule has 2 rings (SSSR count). The van der Waals surface area contributed by atoms with Crippen LogP contribution < -0.4 is 11.1 Å². The molecule has 1 heterocycles. The van der Waals surface area contributed by atoms with Gasteiger partial charge in [0.25, 0.3) is 0 Å². The number of nitrogens with two attached hydrogens (primary N) is 1. The SMILES string of the molecule is CC/C=C\SC(=C(C)C)c1ccc(C(CO)NC(=O)C2C[C@@H](O)CN2C(=O)C(N)C(C)(C)C)cc1. The molecule has 7 nitrogen and oxygen atoms in total. The highest BCUT2D eigenvalue weighted by atomic mass is 32.2. The van der Waals surface area contributed by atoms with Gasteiger partial charge in [0.05, 0.1) is 24.8 Å². The van der Waals surface area contributed by atoms with Crippen molar-refractivity contribution in [3.8, 4) is 0 Å². The van der Waals surface area contributed by atoms with Gasteiger partial charge in [-0.1, -0.05) is 75.4 Å². The van der Waals surface area contributed by atoms with Gasteiger partial charge in [-0.25, -0.2) is 0 Å². The van der Waals surface area contributed by atoms with E-state index in [1.807, 2.05) is 45.0 Å². The van der Waals surface area contributed by atoms with Gasteiger partial charge in [0, 0.05) is 17.9 Å². The standard InChI is InChI=1S/C27H41N3O4S/c1-7-8-13-35-23(17(2)3)19-11-9-18(10-12-19)21(16-31)29-25(33)22-14-20(32)15-30(22)26(34)24(28)27(4,5)6/h8-13,20-22,24,31-32H,7,14-16,28H2,1-6H3,(H,29,33)/b13-8-/t20-,21?,22?,24?/m1/s1. The number of thioether (sulfide) groups is 1. The van der Waals surface area contributed by atoms with E-state index in [1.54, 1.807) is 11.8 Å². The molecule has 1 aromatic carbocycles. The highest BCUT2D eigenvalue weighted by Crippen LogP contribution is 2.32. The molecule has 194 valence electrons. The van der Waals surface area contributed by atoms with E-state index in [0.29, 0.717) is 0 Å². The van der Waals surface area contributed by atoms with Crippen molar-refractivity contribution in [2.75, 3.05) is 13.2 Å². The highest BCUT2D eigenvalue weighted by molar-refractivity contribution is 8.10. The predicted octanol–water partition coefficient (Wildman–Crippen LogP) is 3.58. The number of allylic oxidation sites excluding steroid dienone is 2. The molecule has 0 saturated carbocycles. The molecule has 2 amide bonds. The van der Waals surface area contributed by atoms with Crippen molar-refractivity contribution >= 4 is 28.5 Å². The van der Waals surface area contributed by atoms with Crippen molar-refractivity contribution < 1.29 is 19.8 Å². The average Bonchev–Trinajstić information content (AvgIpc) is 3.20. The highest BCUT2D eigenvalue weighted by Gasteiger charge is 2.43. The van der Waals surface area contributed by atoms with Crippen LogP contribution in [0.3, 0.4) is 0 Å². The predicted molar refractivity (Wildman–Crippen MR) is 143 cm³/mol. The Hall–Kier alpha value is -2.13. The second-order valence-corrected chi connectivity index (χ2v) is 11.2. The van der Waals surface area contributed by atoms with Gasteiger partial charge in [0.1, 0.15) is 6.04 Å². The van der Waals surface area contributed by atoms with E-state index in [0.717, 1.165) is 22.5 Å². The van der Waals surface area contributed by atoms with Crippen LogP contribution in [-0.4, -0.2) is 58.3 Å². The molecule has 3 unspecified atom stereocenters. The largest absolute Gasteiger partial charge is 0.394 e. The molecule has 8 heteroatoms. The summed E-state index contributed by atoms with van der Waals surface area (Å²) in [6.07, 6.45) is 2.43. The maximum atomic E-state index is 13.1. The second kappa shape index (κ2) is 12.7.